The molecule has 0 saturated heterocycles. The van der Waals surface area contributed by atoms with Gasteiger partial charge in [0.1, 0.15) is 0 Å². The fourth-order valence-electron chi connectivity index (χ4n) is 2.62. The van der Waals surface area contributed by atoms with Gasteiger partial charge in [-0.1, -0.05) is 12.2 Å². The number of aliphatic carboxylic acids is 1. The molecular formula is C10H12O4. The average Bonchev–Trinajstić information content (AvgIpc) is 2.74. The molecule has 0 aliphatic heterocycles. The van der Waals surface area contributed by atoms with Crippen molar-refractivity contribution in [3.05, 3.63) is 12.2 Å². The first kappa shape index (κ1) is 9.24. The van der Waals surface area contributed by atoms with E-state index in [-0.39, 0.29) is 11.8 Å². The smallest absolute Gasteiger partial charge is 0.310 e. The predicted octanol–water partition coefficient (Wildman–Crippen LogP) is 0.682. The molecule has 0 spiro atoms. The van der Waals surface area contributed by atoms with Gasteiger partial charge < -0.3 is 9.84 Å². The SMILES string of the molecule is COC(=O)[C@@H]1C2C=C[C@@H](C2)C1C(=O)O. The van der Waals surface area contributed by atoms with Crippen LogP contribution in [0.3, 0.4) is 0 Å². The van der Waals surface area contributed by atoms with Gasteiger partial charge in [-0.25, -0.2) is 0 Å². The molecule has 1 N–H and O–H groups in total. The van der Waals surface area contributed by atoms with Crippen LogP contribution in [0, 0.1) is 23.7 Å². The third kappa shape index (κ3) is 1.14. The fourth-order valence-corrected chi connectivity index (χ4v) is 2.62. The number of allylic oxidation sites excluding steroid dienone is 2. The first-order chi connectivity index (χ1) is 6.65. The predicted molar refractivity (Wildman–Crippen MR) is 47.4 cm³/mol. The quantitative estimate of drug-likeness (QED) is 0.521. The van der Waals surface area contributed by atoms with Crippen LogP contribution in [-0.2, 0) is 14.3 Å². The first-order valence-corrected chi connectivity index (χ1v) is 4.64. The summed E-state index contributed by atoms with van der Waals surface area (Å²) in [5, 5.41) is 9.01. The molecule has 2 aliphatic rings. The van der Waals surface area contributed by atoms with E-state index in [0.717, 1.165) is 6.42 Å². The Morgan fingerprint density at radius 2 is 1.86 bits per heavy atom. The Bertz CT molecular complexity index is 307. The zero-order valence-corrected chi connectivity index (χ0v) is 7.84. The molecule has 4 heteroatoms. The van der Waals surface area contributed by atoms with Crippen LogP contribution in [0.5, 0.6) is 0 Å². The van der Waals surface area contributed by atoms with E-state index in [1.54, 1.807) is 0 Å². The van der Waals surface area contributed by atoms with Crippen molar-refractivity contribution in [2.75, 3.05) is 7.11 Å². The number of rotatable bonds is 2. The molecule has 0 radical (unpaired) electrons. The normalized spacial score (nSPS) is 38.6. The molecule has 4 atom stereocenters. The summed E-state index contributed by atoms with van der Waals surface area (Å²) in [6.45, 7) is 0. The van der Waals surface area contributed by atoms with Gasteiger partial charge in [-0.3, -0.25) is 9.59 Å². The van der Waals surface area contributed by atoms with Crippen molar-refractivity contribution in [3.63, 3.8) is 0 Å². The molecule has 76 valence electrons. The van der Waals surface area contributed by atoms with Crippen LogP contribution in [0.4, 0.5) is 0 Å². The summed E-state index contributed by atoms with van der Waals surface area (Å²) in [6, 6.07) is 0. The summed E-state index contributed by atoms with van der Waals surface area (Å²) in [5.74, 6) is -2.27. The molecule has 2 bridgehead atoms. The molecule has 0 aromatic heterocycles. The highest BCUT2D eigenvalue weighted by atomic mass is 16.5. The van der Waals surface area contributed by atoms with Gasteiger partial charge in [0.2, 0.25) is 0 Å². The van der Waals surface area contributed by atoms with Gasteiger partial charge in [0.05, 0.1) is 18.9 Å². The minimum Gasteiger partial charge on any atom is -0.481 e. The Morgan fingerprint density at radius 1 is 1.29 bits per heavy atom. The van der Waals surface area contributed by atoms with Crippen LogP contribution >= 0.6 is 0 Å². The Hall–Kier alpha value is -1.32. The van der Waals surface area contributed by atoms with Crippen molar-refractivity contribution in [3.8, 4) is 0 Å². The number of hydrogen-bond acceptors (Lipinski definition) is 3. The van der Waals surface area contributed by atoms with Crippen molar-refractivity contribution >= 4 is 11.9 Å². The number of carboxylic acid groups (broad SMARTS) is 1. The highest BCUT2D eigenvalue weighted by Crippen LogP contribution is 2.48. The van der Waals surface area contributed by atoms with Crippen molar-refractivity contribution < 1.29 is 19.4 Å². The molecular weight excluding hydrogens is 184 g/mol. The summed E-state index contributed by atoms with van der Waals surface area (Å²) >= 11 is 0. The molecule has 2 rings (SSSR count). The Kier molecular flexibility index (Phi) is 2.06. The number of hydrogen-bond donors (Lipinski definition) is 1. The first-order valence-electron chi connectivity index (χ1n) is 4.64. The van der Waals surface area contributed by atoms with Crippen LogP contribution in [0.1, 0.15) is 6.42 Å². The van der Waals surface area contributed by atoms with Crippen LogP contribution < -0.4 is 0 Å². The van der Waals surface area contributed by atoms with Crippen molar-refractivity contribution in [1.82, 2.24) is 0 Å². The molecule has 0 aromatic rings. The Morgan fingerprint density at radius 3 is 2.36 bits per heavy atom. The van der Waals surface area contributed by atoms with Gasteiger partial charge in [-0.05, 0) is 18.3 Å². The maximum Gasteiger partial charge on any atom is 0.310 e. The molecule has 1 saturated carbocycles. The summed E-state index contributed by atoms with van der Waals surface area (Å²) in [4.78, 5) is 22.4. The third-order valence-electron chi connectivity index (χ3n) is 3.22. The maximum atomic E-state index is 11.4. The average molecular weight is 196 g/mol. The largest absolute Gasteiger partial charge is 0.481 e. The van der Waals surface area contributed by atoms with Crippen LogP contribution in [0.25, 0.3) is 0 Å². The van der Waals surface area contributed by atoms with E-state index in [9.17, 15) is 9.59 Å². The van der Waals surface area contributed by atoms with Gasteiger partial charge in [0, 0.05) is 0 Å². The van der Waals surface area contributed by atoms with E-state index in [0.29, 0.717) is 0 Å². The van der Waals surface area contributed by atoms with E-state index < -0.39 is 23.8 Å². The van der Waals surface area contributed by atoms with Crippen LogP contribution in [0.15, 0.2) is 12.2 Å². The summed E-state index contributed by atoms with van der Waals surface area (Å²) in [5.41, 5.74) is 0. The lowest BCUT2D eigenvalue weighted by Crippen LogP contribution is -2.33. The number of carbonyl (C=O) groups is 2. The molecule has 0 amide bonds. The molecule has 0 aromatic carbocycles. The number of ether oxygens (including phenoxy) is 1. The van der Waals surface area contributed by atoms with E-state index in [1.165, 1.54) is 7.11 Å². The van der Waals surface area contributed by atoms with Crippen LogP contribution in [0.2, 0.25) is 0 Å². The summed E-state index contributed by atoms with van der Waals surface area (Å²) in [6.07, 6.45) is 4.62. The lowest BCUT2D eigenvalue weighted by Gasteiger charge is -2.21. The topological polar surface area (TPSA) is 63.6 Å². The highest BCUT2D eigenvalue weighted by Gasteiger charge is 2.52. The zero-order chi connectivity index (χ0) is 10.3. The minimum atomic E-state index is -0.891. The Balaban J connectivity index is 2.26. The number of methoxy groups -OCH3 is 1. The second-order valence-electron chi connectivity index (χ2n) is 3.86. The Labute approximate surface area is 81.6 Å². The number of carboxylic acids is 1. The van der Waals surface area contributed by atoms with Gasteiger partial charge in [-0.15, -0.1) is 0 Å². The number of fused-ring (bicyclic) bond motifs is 2. The summed E-state index contributed by atoms with van der Waals surface area (Å²) in [7, 11) is 1.30. The maximum absolute atomic E-state index is 11.4. The second kappa shape index (κ2) is 3.12. The van der Waals surface area contributed by atoms with Crippen molar-refractivity contribution in [2.24, 2.45) is 23.7 Å². The highest BCUT2D eigenvalue weighted by molar-refractivity contribution is 5.83. The molecule has 1 fully saturated rings. The summed E-state index contributed by atoms with van der Waals surface area (Å²) < 4.78 is 4.63. The van der Waals surface area contributed by atoms with Gasteiger partial charge >= 0.3 is 11.9 Å². The van der Waals surface area contributed by atoms with Gasteiger partial charge in [-0.2, -0.15) is 0 Å². The standard InChI is InChI=1S/C10H12O4/c1-14-10(13)8-6-3-2-5(4-6)7(8)9(11)12/h2-3,5-8H,4H2,1H3,(H,11,12)/t5-,6?,7?,8+/m0/s1. The second-order valence-corrected chi connectivity index (χ2v) is 3.86. The lowest BCUT2D eigenvalue weighted by atomic mass is 9.83. The third-order valence-corrected chi connectivity index (χ3v) is 3.22. The van der Waals surface area contributed by atoms with E-state index in [4.69, 9.17) is 5.11 Å². The number of esters is 1. The van der Waals surface area contributed by atoms with E-state index >= 15 is 0 Å². The zero-order valence-electron chi connectivity index (χ0n) is 7.84. The van der Waals surface area contributed by atoms with E-state index in [1.807, 2.05) is 12.2 Å². The molecule has 2 aliphatic carbocycles. The van der Waals surface area contributed by atoms with Crippen molar-refractivity contribution in [1.29, 1.82) is 0 Å². The van der Waals surface area contributed by atoms with Gasteiger partial charge in [0.15, 0.2) is 0 Å². The lowest BCUT2D eigenvalue weighted by molar-refractivity contribution is -0.156. The van der Waals surface area contributed by atoms with Crippen LogP contribution in [-0.4, -0.2) is 24.2 Å². The van der Waals surface area contributed by atoms with E-state index in [2.05, 4.69) is 4.74 Å². The van der Waals surface area contributed by atoms with Crippen molar-refractivity contribution in [2.45, 2.75) is 6.42 Å². The molecule has 0 heterocycles. The molecule has 2 unspecified atom stereocenters. The monoisotopic (exact) mass is 196 g/mol. The fraction of sp³-hybridized carbons (Fsp3) is 0.600. The molecule has 4 nitrogen and oxygen atoms in total. The van der Waals surface area contributed by atoms with Gasteiger partial charge in [0.25, 0.3) is 0 Å². The minimum absolute atomic E-state index is 0.0154. The molecule has 14 heavy (non-hydrogen) atoms. The number of carbonyl (C=O) groups excluding carboxylic acids is 1.